The first kappa shape index (κ1) is 19.2. The van der Waals surface area contributed by atoms with Crippen LogP contribution in [0.5, 0.6) is 0 Å². The normalized spacial score (nSPS) is 17.5. The molecular weight excluding hydrogens is 362 g/mol. The summed E-state index contributed by atoms with van der Waals surface area (Å²) in [6.07, 6.45) is 3.35. The lowest BCUT2D eigenvalue weighted by atomic mass is 10.2. The average Bonchev–Trinajstić information content (AvgIpc) is 2.69. The van der Waals surface area contributed by atoms with Crippen LogP contribution in [0.25, 0.3) is 0 Å². The summed E-state index contributed by atoms with van der Waals surface area (Å²) < 4.78 is 9.74. The summed E-state index contributed by atoms with van der Waals surface area (Å²) in [6, 6.07) is 6.17. The molecule has 0 bridgehead atoms. The Kier molecular flexibility index (Phi) is 5.70. The molecule has 1 fully saturated rings. The number of likely N-dealkylation sites (N-methyl/N-ethyl adjacent to an activating group) is 1. The summed E-state index contributed by atoms with van der Waals surface area (Å²) in [4.78, 5) is 8.28. The second kappa shape index (κ2) is 8.00. The van der Waals surface area contributed by atoms with Crippen molar-refractivity contribution in [3.8, 4) is 6.07 Å². The number of aromatic nitrogens is 3. The van der Waals surface area contributed by atoms with Gasteiger partial charge in [-0.1, -0.05) is 0 Å². The fourth-order valence-corrected chi connectivity index (χ4v) is 3.49. The van der Waals surface area contributed by atoms with Crippen molar-refractivity contribution in [3.05, 3.63) is 45.9 Å². The van der Waals surface area contributed by atoms with Gasteiger partial charge >= 0.3 is 0 Å². The third-order valence-corrected chi connectivity index (χ3v) is 5.40. The van der Waals surface area contributed by atoms with Crippen LogP contribution in [0.15, 0.2) is 24.5 Å². The summed E-state index contributed by atoms with van der Waals surface area (Å²) in [5, 5.41) is 17.9. The van der Waals surface area contributed by atoms with Crippen molar-refractivity contribution in [2.75, 3.05) is 31.6 Å². The van der Waals surface area contributed by atoms with Crippen molar-refractivity contribution in [3.63, 3.8) is 0 Å². The van der Waals surface area contributed by atoms with Crippen LogP contribution in [0.1, 0.15) is 11.1 Å². The van der Waals surface area contributed by atoms with Crippen molar-refractivity contribution < 1.29 is 4.74 Å². The van der Waals surface area contributed by atoms with Gasteiger partial charge in [0, 0.05) is 53.2 Å². The molecule has 0 spiro atoms. The van der Waals surface area contributed by atoms with E-state index in [4.69, 9.17) is 22.4 Å². The molecule has 0 amide bonds. The maximum absolute atomic E-state index is 9.62. The topological polar surface area (TPSA) is 86.1 Å². The third-order valence-electron chi connectivity index (χ3n) is 4.85. The van der Waals surface area contributed by atoms with E-state index in [1.807, 2.05) is 31.1 Å². The van der Waals surface area contributed by atoms with Gasteiger partial charge in [0.1, 0.15) is 29.2 Å². The molecule has 1 aliphatic heterocycles. The van der Waals surface area contributed by atoms with Gasteiger partial charge in [-0.3, -0.25) is 15.3 Å². The molecule has 1 N–H and O–H groups in total. The summed E-state index contributed by atoms with van der Waals surface area (Å²) in [5.41, 5.74) is 1.59. The Hall–Kier alpha value is -2.54. The van der Waals surface area contributed by atoms with Crippen LogP contribution in [-0.4, -0.2) is 52.0 Å². The van der Waals surface area contributed by atoms with Crippen molar-refractivity contribution in [2.24, 2.45) is 14.1 Å². The second-order valence-corrected chi connectivity index (χ2v) is 6.95. The van der Waals surface area contributed by atoms with E-state index in [-0.39, 0.29) is 17.3 Å². The number of pyridine rings is 1. The number of nitrogens with zero attached hydrogens (tertiary/aromatic N) is 6. The molecular formula is C18H23N7OS. The van der Waals surface area contributed by atoms with Crippen molar-refractivity contribution >= 4 is 18.0 Å². The molecule has 1 atom stereocenters. The van der Waals surface area contributed by atoms with Gasteiger partial charge in [0.05, 0.1) is 6.61 Å². The smallest absolute Gasteiger partial charge is 0.182 e. The fourth-order valence-electron chi connectivity index (χ4n) is 3.31. The molecule has 142 valence electrons. The van der Waals surface area contributed by atoms with Gasteiger partial charge in [0.2, 0.25) is 0 Å². The first-order chi connectivity index (χ1) is 12.9. The van der Waals surface area contributed by atoms with E-state index in [2.05, 4.69) is 16.0 Å². The van der Waals surface area contributed by atoms with Gasteiger partial charge in [0.15, 0.2) is 4.77 Å². The van der Waals surface area contributed by atoms with Gasteiger partial charge in [-0.25, -0.2) is 0 Å². The highest BCUT2D eigenvalue weighted by Gasteiger charge is 2.27. The van der Waals surface area contributed by atoms with Crippen LogP contribution in [0.3, 0.4) is 0 Å². The predicted octanol–water partition coefficient (Wildman–Crippen LogP) is 1.13. The highest BCUT2D eigenvalue weighted by Crippen LogP contribution is 2.21. The molecule has 2 aromatic rings. The van der Waals surface area contributed by atoms with Gasteiger partial charge in [-0.2, -0.15) is 5.26 Å². The minimum atomic E-state index is -0.236. The molecule has 27 heavy (non-hydrogen) atoms. The second-order valence-electron chi connectivity index (χ2n) is 6.59. The van der Waals surface area contributed by atoms with E-state index in [0.717, 1.165) is 13.1 Å². The Morgan fingerprint density at radius 1 is 1.37 bits per heavy atom. The number of anilines is 1. The summed E-state index contributed by atoms with van der Waals surface area (Å²) in [5.74, 6) is 0.598. The molecule has 3 rings (SSSR count). The molecule has 1 aliphatic rings. The van der Waals surface area contributed by atoms with Crippen LogP contribution >= 0.6 is 12.2 Å². The highest BCUT2D eigenvalue weighted by atomic mass is 32.1. The van der Waals surface area contributed by atoms with Gasteiger partial charge in [-0.15, -0.1) is 0 Å². The Morgan fingerprint density at radius 3 is 2.74 bits per heavy atom. The van der Waals surface area contributed by atoms with Crippen molar-refractivity contribution in [1.29, 1.82) is 10.7 Å². The largest absolute Gasteiger partial charge is 0.356 e. The molecule has 0 aromatic carbocycles. The lowest BCUT2D eigenvalue weighted by Crippen LogP contribution is -2.51. The van der Waals surface area contributed by atoms with Crippen LogP contribution in [0, 0.1) is 21.5 Å². The maximum Gasteiger partial charge on any atom is 0.182 e. The van der Waals surface area contributed by atoms with E-state index in [1.165, 1.54) is 10.1 Å². The Balaban J connectivity index is 1.88. The summed E-state index contributed by atoms with van der Waals surface area (Å²) >= 11 is 5.42. The zero-order valence-electron chi connectivity index (χ0n) is 15.7. The monoisotopic (exact) mass is 385 g/mol. The minimum Gasteiger partial charge on any atom is -0.356 e. The van der Waals surface area contributed by atoms with E-state index < -0.39 is 0 Å². The molecule has 0 aliphatic carbocycles. The quantitative estimate of drug-likeness (QED) is 0.794. The van der Waals surface area contributed by atoms with Crippen LogP contribution < -0.4 is 10.4 Å². The highest BCUT2D eigenvalue weighted by molar-refractivity contribution is 7.71. The summed E-state index contributed by atoms with van der Waals surface area (Å²) in [7, 11) is 5.39. The first-order valence-electron chi connectivity index (χ1n) is 8.64. The van der Waals surface area contributed by atoms with Crippen LogP contribution in [0.2, 0.25) is 0 Å². The lowest BCUT2D eigenvalue weighted by molar-refractivity contribution is -0.0304. The fraction of sp³-hybridized carbons (Fsp3) is 0.444. The standard InChI is InChI=1S/C18H23N7OS/c1-22(17-14(10-19)16(20)23(2)18(27)24(17)3)15-12-25(8-9-26-15)11-13-4-6-21-7-5-13/h4-7,15,20H,8-9,11-12H2,1-3H3. The van der Waals surface area contributed by atoms with Gasteiger partial charge in [0.25, 0.3) is 0 Å². The van der Waals surface area contributed by atoms with E-state index in [1.54, 1.807) is 24.0 Å². The number of nitrogens with one attached hydrogen (secondary N) is 1. The average molecular weight is 385 g/mol. The number of hydrogen-bond donors (Lipinski definition) is 1. The zero-order valence-corrected chi connectivity index (χ0v) is 16.5. The molecule has 3 heterocycles. The van der Waals surface area contributed by atoms with E-state index in [9.17, 15) is 5.26 Å². The maximum atomic E-state index is 9.62. The number of morpholine rings is 1. The van der Waals surface area contributed by atoms with Crippen LogP contribution in [0.4, 0.5) is 5.82 Å². The number of nitriles is 1. The van der Waals surface area contributed by atoms with Crippen molar-refractivity contribution in [2.45, 2.75) is 12.8 Å². The van der Waals surface area contributed by atoms with Crippen molar-refractivity contribution in [1.82, 2.24) is 19.0 Å². The van der Waals surface area contributed by atoms with E-state index in [0.29, 0.717) is 23.7 Å². The van der Waals surface area contributed by atoms with E-state index >= 15 is 0 Å². The van der Waals surface area contributed by atoms with Crippen LogP contribution in [-0.2, 0) is 25.4 Å². The molecule has 2 aromatic heterocycles. The molecule has 0 saturated carbocycles. The number of hydrogen-bond acceptors (Lipinski definition) is 7. The SMILES string of the molecule is CN(c1c(C#N)c(=N)n(C)c(=S)n1C)C1CN(Cc2ccncc2)CCO1. The predicted molar refractivity (Wildman–Crippen MR) is 103 cm³/mol. The molecule has 1 unspecified atom stereocenters. The third kappa shape index (κ3) is 3.78. The molecule has 0 radical (unpaired) electrons. The molecule has 8 nitrogen and oxygen atoms in total. The number of rotatable bonds is 4. The molecule has 1 saturated heterocycles. The lowest BCUT2D eigenvalue weighted by Gasteiger charge is -2.39. The zero-order chi connectivity index (χ0) is 19.6. The minimum absolute atomic E-state index is 0.104. The Bertz CT molecular complexity index is 976. The number of ether oxygens (including phenoxy) is 1. The molecule has 9 heteroatoms. The van der Waals surface area contributed by atoms with Gasteiger partial charge < -0.3 is 18.8 Å². The Labute approximate surface area is 163 Å². The van der Waals surface area contributed by atoms with Gasteiger partial charge in [-0.05, 0) is 29.9 Å². The Morgan fingerprint density at radius 2 is 2.07 bits per heavy atom. The first-order valence-corrected chi connectivity index (χ1v) is 9.05. The summed E-state index contributed by atoms with van der Waals surface area (Å²) in [6.45, 7) is 2.93.